The molecule has 2 nitrogen and oxygen atoms in total. The number of aromatic nitrogens is 1. The van der Waals surface area contributed by atoms with Gasteiger partial charge in [-0.3, -0.25) is 0 Å². The third-order valence-electron chi connectivity index (χ3n) is 2.99. The van der Waals surface area contributed by atoms with Crippen LogP contribution in [0.5, 0.6) is 5.75 Å². The predicted octanol–water partition coefficient (Wildman–Crippen LogP) is 4.26. The summed E-state index contributed by atoms with van der Waals surface area (Å²) < 4.78 is 5.82. The largest absolute Gasteiger partial charge is 0.489 e. The lowest BCUT2D eigenvalue weighted by molar-refractivity contribution is 0.306. The van der Waals surface area contributed by atoms with E-state index in [0.29, 0.717) is 6.61 Å². The lowest BCUT2D eigenvalue weighted by Gasteiger charge is -2.07. The van der Waals surface area contributed by atoms with Gasteiger partial charge in [0.25, 0.3) is 0 Å². The van der Waals surface area contributed by atoms with Crippen LogP contribution in [0.2, 0.25) is 0 Å². The van der Waals surface area contributed by atoms with E-state index in [1.54, 1.807) is 0 Å². The fourth-order valence-electron chi connectivity index (χ4n) is 2.00. The minimum atomic E-state index is 0.592. The first-order valence-corrected chi connectivity index (χ1v) is 6.32. The van der Waals surface area contributed by atoms with E-state index in [9.17, 15) is 0 Å². The Balaban J connectivity index is 1.74. The molecule has 94 valence electrons. The molecule has 0 fully saturated rings. The summed E-state index contributed by atoms with van der Waals surface area (Å²) in [5.41, 5.74) is 3.41. The highest BCUT2D eigenvalue weighted by Crippen LogP contribution is 2.22. The van der Waals surface area contributed by atoms with Gasteiger partial charge in [-0.25, -0.2) is 0 Å². The number of aromatic amines is 1. The van der Waals surface area contributed by atoms with Crippen molar-refractivity contribution in [3.8, 4) is 17.0 Å². The number of nitrogens with one attached hydrogen (secondary N) is 1. The smallest absolute Gasteiger partial charge is 0.120 e. The van der Waals surface area contributed by atoms with Gasteiger partial charge in [0.2, 0.25) is 0 Å². The molecule has 2 aromatic carbocycles. The minimum absolute atomic E-state index is 0.592. The number of hydrogen-bond acceptors (Lipinski definition) is 1. The van der Waals surface area contributed by atoms with Crippen LogP contribution in [0.1, 0.15) is 5.56 Å². The first-order valence-electron chi connectivity index (χ1n) is 6.32. The number of ether oxygens (including phenoxy) is 1. The highest BCUT2D eigenvalue weighted by molar-refractivity contribution is 5.61. The van der Waals surface area contributed by atoms with Crippen LogP contribution < -0.4 is 4.74 Å². The maximum Gasteiger partial charge on any atom is 0.120 e. The monoisotopic (exact) mass is 249 g/mol. The van der Waals surface area contributed by atoms with Crippen molar-refractivity contribution in [2.45, 2.75) is 6.61 Å². The molecule has 0 atom stereocenters. The molecule has 0 spiro atoms. The SMILES string of the molecule is c1ccc(COc2cccc(-c3ccc[nH]3)c2)cc1. The summed E-state index contributed by atoms with van der Waals surface area (Å²) in [5, 5.41) is 0. The van der Waals surface area contributed by atoms with Crippen LogP contribution in [0.25, 0.3) is 11.3 Å². The van der Waals surface area contributed by atoms with Gasteiger partial charge in [0.05, 0.1) is 0 Å². The molecule has 0 saturated carbocycles. The number of hydrogen-bond donors (Lipinski definition) is 1. The Labute approximate surface area is 112 Å². The van der Waals surface area contributed by atoms with Gasteiger partial charge in [0.1, 0.15) is 12.4 Å². The van der Waals surface area contributed by atoms with E-state index in [1.807, 2.05) is 42.6 Å². The summed E-state index contributed by atoms with van der Waals surface area (Å²) in [5.74, 6) is 0.885. The molecule has 1 aromatic heterocycles. The van der Waals surface area contributed by atoms with E-state index in [1.165, 1.54) is 5.56 Å². The van der Waals surface area contributed by atoms with Crippen LogP contribution in [0.15, 0.2) is 72.9 Å². The van der Waals surface area contributed by atoms with Gasteiger partial charge in [0.15, 0.2) is 0 Å². The lowest BCUT2D eigenvalue weighted by Crippen LogP contribution is -1.94. The first kappa shape index (κ1) is 11.6. The average Bonchev–Trinajstić information content (AvgIpc) is 3.01. The first-order chi connectivity index (χ1) is 9.42. The normalized spacial score (nSPS) is 10.3. The average molecular weight is 249 g/mol. The molecule has 0 amide bonds. The molecule has 3 aromatic rings. The maximum absolute atomic E-state index is 5.82. The van der Waals surface area contributed by atoms with Gasteiger partial charge in [-0.2, -0.15) is 0 Å². The number of rotatable bonds is 4. The zero-order chi connectivity index (χ0) is 12.9. The summed E-state index contributed by atoms with van der Waals surface area (Å²) in [6, 6.07) is 22.3. The van der Waals surface area contributed by atoms with Crippen molar-refractivity contribution in [1.29, 1.82) is 0 Å². The van der Waals surface area contributed by atoms with Crippen LogP contribution >= 0.6 is 0 Å². The molecule has 0 bridgehead atoms. The molecule has 1 N–H and O–H groups in total. The van der Waals surface area contributed by atoms with Gasteiger partial charge < -0.3 is 9.72 Å². The van der Waals surface area contributed by atoms with Crippen LogP contribution in [-0.2, 0) is 6.61 Å². The predicted molar refractivity (Wildman–Crippen MR) is 77.0 cm³/mol. The highest BCUT2D eigenvalue weighted by atomic mass is 16.5. The molecule has 1 heterocycles. The third-order valence-corrected chi connectivity index (χ3v) is 2.99. The summed E-state index contributed by atoms with van der Waals surface area (Å²) in [7, 11) is 0. The standard InChI is InChI=1S/C17H15NO/c1-2-6-14(7-3-1)13-19-16-9-4-8-15(12-16)17-10-5-11-18-17/h1-12,18H,13H2. The molecule has 0 saturated heterocycles. The van der Waals surface area contributed by atoms with Crippen molar-refractivity contribution in [3.63, 3.8) is 0 Å². The van der Waals surface area contributed by atoms with Gasteiger partial charge in [-0.05, 0) is 29.8 Å². The fraction of sp³-hybridized carbons (Fsp3) is 0.0588. The highest BCUT2D eigenvalue weighted by Gasteiger charge is 2.00. The molecule has 0 radical (unpaired) electrons. The molecule has 19 heavy (non-hydrogen) atoms. The zero-order valence-corrected chi connectivity index (χ0v) is 10.5. The van der Waals surface area contributed by atoms with Gasteiger partial charge >= 0.3 is 0 Å². The van der Waals surface area contributed by atoms with Gasteiger partial charge in [-0.1, -0.05) is 42.5 Å². The molecule has 2 heteroatoms. The lowest BCUT2D eigenvalue weighted by atomic mass is 10.1. The topological polar surface area (TPSA) is 25.0 Å². The van der Waals surface area contributed by atoms with E-state index >= 15 is 0 Å². The van der Waals surface area contributed by atoms with Crippen molar-refractivity contribution >= 4 is 0 Å². The van der Waals surface area contributed by atoms with Crippen LogP contribution in [0.3, 0.4) is 0 Å². The molecule has 0 aliphatic carbocycles. The quantitative estimate of drug-likeness (QED) is 0.734. The molecule has 3 rings (SSSR count). The third kappa shape index (κ3) is 2.86. The van der Waals surface area contributed by atoms with Crippen LogP contribution in [-0.4, -0.2) is 4.98 Å². The summed E-state index contributed by atoms with van der Waals surface area (Å²) in [4.78, 5) is 3.20. The molecule has 0 unspecified atom stereocenters. The van der Waals surface area contributed by atoms with Crippen molar-refractivity contribution in [3.05, 3.63) is 78.5 Å². The van der Waals surface area contributed by atoms with Gasteiger partial charge in [-0.15, -0.1) is 0 Å². The summed E-state index contributed by atoms with van der Waals surface area (Å²) >= 11 is 0. The molecule has 0 aliphatic heterocycles. The summed E-state index contributed by atoms with van der Waals surface area (Å²) in [6.07, 6.45) is 1.92. The minimum Gasteiger partial charge on any atom is -0.489 e. The van der Waals surface area contributed by atoms with Crippen molar-refractivity contribution in [2.24, 2.45) is 0 Å². The van der Waals surface area contributed by atoms with Crippen molar-refractivity contribution in [1.82, 2.24) is 4.98 Å². The number of H-pyrrole nitrogens is 1. The second-order valence-electron chi connectivity index (χ2n) is 4.39. The Kier molecular flexibility index (Phi) is 3.32. The van der Waals surface area contributed by atoms with Crippen LogP contribution in [0, 0.1) is 0 Å². The fourth-order valence-corrected chi connectivity index (χ4v) is 2.00. The van der Waals surface area contributed by atoms with Crippen molar-refractivity contribution in [2.75, 3.05) is 0 Å². The van der Waals surface area contributed by atoms with E-state index in [4.69, 9.17) is 4.74 Å². The summed E-state index contributed by atoms with van der Waals surface area (Å²) in [6.45, 7) is 0.592. The Hall–Kier alpha value is -2.48. The Morgan fingerprint density at radius 1 is 0.842 bits per heavy atom. The zero-order valence-electron chi connectivity index (χ0n) is 10.5. The Morgan fingerprint density at radius 2 is 1.74 bits per heavy atom. The second-order valence-corrected chi connectivity index (χ2v) is 4.39. The van der Waals surface area contributed by atoms with Crippen LogP contribution in [0.4, 0.5) is 0 Å². The molecular formula is C17H15NO. The van der Waals surface area contributed by atoms with E-state index in [-0.39, 0.29) is 0 Å². The van der Waals surface area contributed by atoms with Gasteiger partial charge in [0, 0.05) is 17.5 Å². The Morgan fingerprint density at radius 3 is 2.53 bits per heavy atom. The second kappa shape index (κ2) is 5.44. The van der Waals surface area contributed by atoms with E-state index in [2.05, 4.69) is 35.3 Å². The van der Waals surface area contributed by atoms with E-state index in [0.717, 1.165) is 17.0 Å². The number of benzene rings is 2. The maximum atomic E-state index is 5.82. The Bertz CT molecular complexity index is 629. The van der Waals surface area contributed by atoms with E-state index < -0.39 is 0 Å². The molecular weight excluding hydrogens is 234 g/mol. The van der Waals surface area contributed by atoms with Crippen molar-refractivity contribution < 1.29 is 4.74 Å². The molecule has 0 aliphatic rings.